The number of amides is 2. The van der Waals surface area contributed by atoms with Gasteiger partial charge in [-0.1, -0.05) is 41.6 Å². The van der Waals surface area contributed by atoms with Crippen molar-refractivity contribution in [2.75, 3.05) is 39.5 Å². The predicted molar refractivity (Wildman–Crippen MR) is 174 cm³/mol. The molecular formula is C34H38N4O6S. The van der Waals surface area contributed by atoms with E-state index in [1.54, 1.807) is 48.4 Å². The van der Waals surface area contributed by atoms with Crippen molar-refractivity contribution in [1.29, 1.82) is 0 Å². The van der Waals surface area contributed by atoms with Gasteiger partial charge in [-0.15, -0.1) is 0 Å². The molecule has 2 amide bonds. The molecule has 0 unspecified atom stereocenters. The molecule has 0 saturated heterocycles. The Morgan fingerprint density at radius 2 is 1.40 bits per heavy atom. The van der Waals surface area contributed by atoms with Gasteiger partial charge in [0.05, 0.1) is 34.2 Å². The molecule has 0 saturated carbocycles. The molecule has 0 aliphatic carbocycles. The molecule has 3 aromatic carbocycles. The Bertz CT molecular complexity index is 1580. The van der Waals surface area contributed by atoms with Crippen LogP contribution >= 0.6 is 11.8 Å². The van der Waals surface area contributed by atoms with Crippen LogP contribution in [-0.2, 0) is 16.1 Å². The number of thioether (sulfide) groups is 1. The number of hydrogen-bond donors (Lipinski definition) is 1. The first-order valence-corrected chi connectivity index (χ1v) is 15.2. The monoisotopic (exact) mass is 630 g/mol. The fourth-order valence-electron chi connectivity index (χ4n) is 4.80. The quantitative estimate of drug-likeness (QED) is 0.142. The van der Waals surface area contributed by atoms with Crippen molar-refractivity contribution in [2.45, 2.75) is 38.5 Å². The highest BCUT2D eigenvalue weighted by Gasteiger charge is 2.34. The number of benzene rings is 3. The summed E-state index contributed by atoms with van der Waals surface area (Å²) in [4.78, 5) is 39.0. The molecule has 0 fully saturated rings. The van der Waals surface area contributed by atoms with Gasteiger partial charge in [-0.2, -0.15) is 0 Å². The van der Waals surface area contributed by atoms with Gasteiger partial charge in [0.15, 0.2) is 16.7 Å². The molecule has 0 aliphatic rings. The van der Waals surface area contributed by atoms with Crippen LogP contribution in [0.2, 0.25) is 0 Å². The van der Waals surface area contributed by atoms with Crippen LogP contribution in [0.15, 0.2) is 71.9 Å². The van der Waals surface area contributed by atoms with E-state index in [0.717, 1.165) is 22.5 Å². The van der Waals surface area contributed by atoms with E-state index in [1.807, 2.05) is 51.1 Å². The first-order chi connectivity index (χ1) is 21.6. The molecule has 10 nitrogen and oxygen atoms in total. The van der Waals surface area contributed by atoms with Crippen molar-refractivity contribution in [3.8, 4) is 23.0 Å². The second-order valence-electron chi connectivity index (χ2n) is 10.3. The van der Waals surface area contributed by atoms with Gasteiger partial charge in [-0.05, 0) is 74.4 Å². The molecule has 45 heavy (non-hydrogen) atoms. The normalized spacial score (nSPS) is 11.4. The van der Waals surface area contributed by atoms with E-state index in [0.29, 0.717) is 39.4 Å². The molecular weight excluding hydrogens is 592 g/mol. The lowest BCUT2D eigenvalue weighted by Gasteiger charge is -2.32. The number of aryl methyl sites for hydroxylation is 3. The van der Waals surface area contributed by atoms with Gasteiger partial charge in [0.25, 0.3) is 5.91 Å². The summed E-state index contributed by atoms with van der Waals surface area (Å²) < 4.78 is 22.0. The van der Waals surface area contributed by atoms with Gasteiger partial charge in [0.2, 0.25) is 11.7 Å². The van der Waals surface area contributed by atoms with Crippen molar-refractivity contribution >= 4 is 29.3 Å². The Kier molecular flexibility index (Phi) is 11.3. The third kappa shape index (κ3) is 8.45. The zero-order valence-electron chi connectivity index (χ0n) is 26.5. The second-order valence-corrected chi connectivity index (χ2v) is 11.3. The van der Waals surface area contributed by atoms with Crippen LogP contribution in [0.3, 0.4) is 0 Å². The molecule has 0 aliphatic heterocycles. The van der Waals surface area contributed by atoms with Gasteiger partial charge in [0.1, 0.15) is 11.8 Å². The molecule has 0 bridgehead atoms. The van der Waals surface area contributed by atoms with Crippen molar-refractivity contribution in [3.05, 3.63) is 94.8 Å². The van der Waals surface area contributed by atoms with Crippen LogP contribution in [0.1, 0.15) is 34.1 Å². The summed E-state index contributed by atoms with van der Waals surface area (Å²) in [5, 5.41) is 3.47. The Balaban J connectivity index is 1.81. The SMILES string of the molecule is COc1ccc(NC(=O)[C@H](c2cc(OC)c(OC)c(OC)c2)N(Cc2ccc(C)cc2)C(=O)CSc2nc(C)cc(C)n2)cc1. The van der Waals surface area contributed by atoms with Crippen LogP contribution in [0.25, 0.3) is 0 Å². The highest BCUT2D eigenvalue weighted by Crippen LogP contribution is 2.41. The third-order valence-corrected chi connectivity index (χ3v) is 7.83. The summed E-state index contributed by atoms with van der Waals surface area (Å²) in [6.07, 6.45) is 0. The number of anilines is 1. The maximum atomic E-state index is 14.3. The van der Waals surface area contributed by atoms with Gasteiger partial charge in [0, 0.05) is 23.6 Å². The topological polar surface area (TPSA) is 112 Å². The van der Waals surface area contributed by atoms with E-state index < -0.39 is 11.9 Å². The lowest BCUT2D eigenvalue weighted by molar-refractivity contribution is -0.137. The number of carbonyl (C=O) groups excluding carboxylic acids is 2. The summed E-state index contributed by atoms with van der Waals surface area (Å²) in [6, 6.07) is 19.0. The maximum absolute atomic E-state index is 14.3. The molecule has 1 N–H and O–H groups in total. The summed E-state index contributed by atoms with van der Waals surface area (Å²) in [7, 11) is 6.09. The van der Waals surface area contributed by atoms with Crippen LogP contribution in [0, 0.1) is 20.8 Å². The van der Waals surface area contributed by atoms with Crippen molar-refractivity contribution in [3.63, 3.8) is 0 Å². The Morgan fingerprint density at radius 3 is 1.93 bits per heavy atom. The van der Waals surface area contributed by atoms with Gasteiger partial charge in [-0.25, -0.2) is 9.97 Å². The Hall–Kier alpha value is -4.77. The number of hydrogen-bond acceptors (Lipinski definition) is 9. The van der Waals surface area contributed by atoms with Crippen LogP contribution in [0.5, 0.6) is 23.0 Å². The lowest BCUT2D eigenvalue weighted by Crippen LogP contribution is -2.42. The summed E-state index contributed by atoms with van der Waals surface area (Å²) in [5.74, 6) is 1.03. The average Bonchev–Trinajstić information content (AvgIpc) is 3.03. The van der Waals surface area contributed by atoms with E-state index in [4.69, 9.17) is 18.9 Å². The number of nitrogens with zero attached hydrogens (tertiary/aromatic N) is 3. The Labute approximate surface area is 268 Å². The van der Waals surface area contributed by atoms with Crippen LogP contribution in [0.4, 0.5) is 5.69 Å². The van der Waals surface area contributed by atoms with Crippen LogP contribution < -0.4 is 24.3 Å². The fraction of sp³-hybridized carbons (Fsp3) is 0.294. The predicted octanol–water partition coefficient (Wildman–Crippen LogP) is 5.94. The van der Waals surface area contributed by atoms with Crippen molar-refractivity contribution in [1.82, 2.24) is 14.9 Å². The van der Waals surface area contributed by atoms with E-state index in [9.17, 15) is 9.59 Å². The van der Waals surface area contributed by atoms with Crippen molar-refractivity contribution in [2.24, 2.45) is 0 Å². The maximum Gasteiger partial charge on any atom is 0.251 e. The minimum atomic E-state index is -1.09. The van der Waals surface area contributed by atoms with E-state index in [2.05, 4.69) is 15.3 Å². The van der Waals surface area contributed by atoms with Gasteiger partial charge < -0.3 is 29.2 Å². The fourth-order valence-corrected chi connectivity index (χ4v) is 5.63. The molecule has 11 heteroatoms. The molecule has 236 valence electrons. The summed E-state index contributed by atoms with van der Waals surface area (Å²) in [5.41, 5.74) is 4.57. The molecule has 4 aromatic rings. The third-order valence-electron chi connectivity index (χ3n) is 7.00. The average molecular weight is 631 g/mol. The minimum Gasteiger partial charge on any atom is -0.497 e. The van der Waals surface area contributed by atoms with Gasteiger partial charge in [-0.3, -0.25) is 9.59 Å². The smallest absolute Gasteiger partial charge is 0.251 e. The highest BCUT2D eigenvalue weighted by atomic mass is 32.2. The number of ether oxygens (including phenoxy) is 4. The zero-order valence-corrected chi connectivity index (χ0v) is 27.4. The molecule has 1 aromatic heterocycles. The first-order valence-electron chi connectivity index (χ1n) is 14.2. The summed E-state index contributed by atoms with van der Waals surface area (Å²) in [6.45, 7) is 5.92. The number of methoxy groups -OCH3 is 4. The number of rotatable bonds is 13. The molecule has 1 atom stereocenters. The highest BCUT2D eigenvalue weighted by molar-refractivity contribution is 7.99. The number of nitrogens with one attached hydrogen (secondary N) is 1. The van der Waals surface area contributed by atoms with E-state index in [1.165, 1.54) is 33.1 Å². The second kappa shape index (κ2) is 15.3. The zero-order chi connectivity index (χ0) is 32.5. The molecule has 0 spiro atoms. The molecule has 1 heterocycles. The number of carbonyl (C=O) groups is 2. The first kappa shape index (κ1) is 33.1. The van der Waals surface area contributed by atoms with E-state index in [-0.39, 0.29) is 18.2 Å². The minimum absolute atomic E-state index is 0.00545. The van der Waals surface area contributed by atoms with E-state index >= 15 is 0 Å². The molecule has 0 radical (unpaired) electrons. The van der Waals surface area contributed by atoms with Crippen LogP contribution in [-0.4, -0.2) is 60.9 Å². The largest absolute Gasteiger partial charge is 0.497 e. The molecule has 4 rings (SSSR count). The number of aromatic nitrogens is 2. The lowest BCUT2D eigenvalue weighted by atomic mass is 10.0. The standard InChI is InChI=1S/C34H38N4O6S/c1-21-8-10-24(11-9-21)19-38(30(39)20-45-34-35-22(2)16-23(3)36-34)31(33(40)37-26-12-14-27(41-4)15-13-26)25-17-28(42-5)32(44-7)29(18-25)43-6/h8-18,31H,19-20H2,1-7H3,(H,37,40)/t31-/m0/s1. The van der Waals surface area contributed by atoms with Gasteiger partial charge >= 0.3 is 0 Å². The van der Waals surface area contributed by atoms with Crippen molar-refractivity contribution < 1.29 is 28.5 Å². The summed E-state index contributed by atoms with van der Waals surface area (Å²) >= 11 is 1.22. The Morgan fingerprint density at radius 1 is 0.800 bits per heavy atom.